The quantitative estimate of drug-likeness (QED) is 0.777. The van der Waals surface area contributed by atoms with E-state index in [1.54, 1.807) is 11.3 Å². The van der Waals surface area contributed by atoms with E-state index in [9.17, 15) is 0 Å². The molecule has 0 bridgehead atoms. The molecule has 4 heteroatoms. The van der Waals surface area contributed by atoms with Crippen LogP contribution >= 0.6 is 11.3 Å². The minimum Gasteiger partial charge on any atom is -0.345 e. The third-order valence-corrected chi connectivity index (χ3v) is 5.30. The average molecular weight is 340 g/mol. The lowest BCUT2D eigenvalue weighted by Gasteiger charge is -2.46. The molecule has 0 N–H and O–H groups in total. The molecule has 0 radical (unpaired) electrons. The lowest BCUT2D eigenvalue weighted by atomic mass is 9.84. The predicted molar refractivity (Wildman–Crippen MR) is 102 cm³/mol. The first-order chi connectivity index (χ1) is 11.5. The molecule has 1 unspecified atom stereocenters. The van der Waals surface area contributed by atoms with Gasteiger partial charge in [-0.25, -0.2) is 4.98 Å². The van der Waals surface area contributed by atoms with E-state index < -0.39 is 0 Å². The minimum absolute atomic E-state index is 0.213. The van der Waals surface area contributed by atoms with Crippen molar-refractivity contribution >= 4 is 16.5 Å². The molecule has 1 fully saturated rings. The number of benzene rings is 1. The first-order valence-electron chi connectivity index (χ1n) is 8.46. The van der Waals surface area contributed by atoms with E-state index in [1.165, 1.54) is 0 Å². The summed E-state index contributed by atoms with van der Waals surface area (Å²) in [5, 5.41) is 3.19. The first kappa shape index (κ1) is 17.0. The van der Waals surface area contributed by atoms with E-state index in [0.717, 1.165) is 36.9 Å². The van der Waals surface area contributed by atoms with Crippen LogP contribution in [-0.2, 0) is 0 Å². The van der Waals surface area contributed by atoms with Gasteiger partial charge in [0.25, 0.3) is 0 Å². The van der Waals surface area contributed by atoms with Gasteiger partial charge in [0.05, 0.1) is 6.54 Å². The van der Waals surface area contributed by atoms with Crippen LogP contribution in [0.15, 0.2) is 41.9 Å². The molecule has 2 heterocycles. The summed E-state index contributed by atoms with van der Waals surface area (Å²) in [5.41, 5.74) is 1.30. The molecule has 1 aromatic carbocycles. The van der Waals surface area contributed by atoms with Crippen LogP contribution in [0.5, 0.6) is 0 Å². The van der Waals surface area contributed by atoms with Crippen LogP contribution in [-0.4, -0.2) is 42.1 Å². The number of anilines is 1. The molecule has 1 aromatic heterocycles. The summed E-state index contributed by atoms with van der Waals surface area (Å²) in [6.07, 6.45) is 1.89. The lowest BCUT2D eigenvalue weighted by molar-refractivity contribution is 0.100. The number of piperazine rings is 1. The molecule has 0 aliphatic carbocycles. The zero-order valence-electron chi connectivity index (χ0n) is 14.7. The van der Waals surface area contributed by atoms with Crippen LogP contribution in [0.2, 0.25) is 0 Å². The summed E-state index contributed by atoms with van der Waals surface area (Å²) in [6, 6.07) is 10.7. The monoisotopic (exact) mass is 339 g/mol. The minimum atomic E-state index is 0.213. The molecule has 126 valence electrons. The van der Waals surface area contributed by atoms with Crippen molar-refractivity contribution in [3.05, 3.63) is 47.5 Å². The molecule has 0 spiro atoms. The van der Waals surface area contributed by atoms with E-state index in [1.807, 2.05) is 24.4 Å². The Morgan fingerprint density at radius 2 is 2.00 bits per heavy atom. The summed E-state index contributed by atoms with van der Waals surface area (Å²) in [5.74, 6) is 6.65. The molecular weight excluding hydrogens is 314 g/mol. The van der Waals surface area contributed by atoms with Gasteiger partial charge in [-0.2, -0.15) is 0 Å². The Morgan fingerprint density at radius 1 is 1.21 bits per heavy atom. The normalized spacial score (nSPS) is 19.0. The number of nitrogens with zero attached hydrogens (tertiary/aromatic N) is 3. The highest BCUT2D eigenvalue weighted by atomic mass is 32.1. The summed E-state index contributed by atoms with van der Waals surface area (Å²) in [6.45, 7) is 10.9. The molecule has 1 atom stereocenters. The first-order valence-corrected chi connectivity index (χ1v) is 9.34. The van der Waals surface area contributed by atoms with Crippen molar-refractivity contribution in [1.82, 2.24) is 9.88 Å². The molecular formula is C20H25N3S. The fraction of sp³-hybridized carbons (Fsp3) is 0.450. The third kappa shape index (κ3) is 4.17. The Balaban J connectivity index is 1.69. The summed E-state index contributed by atoms with van der Waals surface area (Å²) in [7, 11) is 0. The van der Waals surface area contributed by atoms with Crippen LogP contribution in [0.1, 0.15) is 26.3 Å². The predicted octanol–water partition coefficient (Wildman–Crippen LogP) is 3.73. The maximum Gasteiger partial charge on any atom is 0.185 e. The molecule has 3 nitrogen and oxygen atoms in total. The Labute approximate surface area is 149 Å². The van der Waals surface area contributed by atoms with Gasteiger partial charge in [-0.3, -0.25) is 4.90 Å². The Bertz CT molecular complexity index is 692. The van der Waals surface area contributed by atoms with Gasteiger partial charge >= 0.3 is 0 Å². The molecule has 0 amide bonds. The van der Waals surface area contributed by atoms with Gasteiger partial charge in [0.2, 0.25) is 0 Å². The van der Waals surface area contributed by atoms with Crippen LogP contribution < -0.4 is 4.90 Å². The highest BCUT2D eigenvalue weighted by Gasteiger charge is 2.35. The Hall–Kier alpha value is -1.83. The maximum absolute atomic E-state index is 4.48. The highest BCUT2D eigenvalue weighted by molar-refractivity contribution is 7.13. The number of rotatable bonds is 2. The van der Waals surface area contributed by atoms with Crippen LogP contribution in [0.3, 0.4) is 0 Å². The van der Waals surface area contributed by atoms with Crippen molar-refractivity contribution in [3.63, 3.8) is 0 Å². The second kappa shape index (κ2) is 7.38. The van der Waals surface area contributed by atoms with Crippen molar-refractivity contribution in [3.8, 4) is 11.8 Å². The van der Waals surface area contributed by atoms with Crippen molar-refractivity contribution in [1.29, 1.82) is 0 Å². The van der Waals surface area contributed by atoms with Gasteiger partial charge < -0.3 is 4.90 Å². The van der Waals surface area contributed by atoms with Gasteiger partial charge in [-0.15, -0.1) is 11.3 Å². The van der Waals surface area contributed by atoms with Crippen LogP contribution in [0, 0.1) is 17.3 Å². The average Bonchev–Trinajstić information content (AvgIpc) is 3.10. The van der Waals surface area contributed by atoms with E-state index in [2.05, 4.69) is 64.9 Å². The second-order valence-corrected chi connectivity index (χ2v) is 8.15. The summed E-state index contributed by atoms with van der Waals surface area (Å²) in [4.78, 5) is 9.43. The van der Waals surface area contributed by atoms with Crippen LogP contribution in [0.25, 0.3) is 0 Å². The van der Waals surface area contributed by atoms with E-state index in [0.29, 0.717) is 6.04 Å². The molecule has 24 heavy (non-hydrogen) atoms. The van der Waals surface area contributed by atoms with Gasteiger partial charge in [0, 0.05) is 42.8 Å². The van der Waals surface area contributed by atoms with Crippen molar-refractivity contribution in [2.45, 2.75) is 26.8 Å². The SMILES string of the molecule is CC(C)(C)C1CN(c2nccs2)CCN1CC#Cc1ccccc1. The molecule has 1 aliphatic rings. The van der Waals surface area contributed by atoms with Gasteiger partial charge in [-0.05, 0) is 17.5 Å². The molecule has 1 saturated heterocycles. The number of hydrogen-bond donors (Lipinski definition) is 0. The smallest absolute Gasteiger partial charge is 0.185 e. The largest absolute Gasteiger partial charge is 0.345 e. The van der Waals surface area contributed by atoms with Gasteiger partial charge in [0.1, 0.15) is 0 Å². The molecule has 3 rings (SSSR count). The number of thiazole rings is 1. The topological polar surface area (TPSA) is 19.4 Å². The Morgan fingerprint density at radius 3 is 2.67 bits per heavy atom. The van der Waals surface area contributed by atoms with Crippen molar-refractivity contribution < 1.29 is 0 Å². The van der Waals surface area contributed by atoms with E-state index in [-0.39, 0.29) is 5.41 Å². The maximum atomic E-state index is 4.48. The lowest BCUT2D eigenvalue weighted by Crippen LogP contribution is -2.58. The molecule has 2 aromatic rings. The van der Waals surface area contributed by atoms with Gasteiger partial charge in [-0.1, -0.05) is 50.8 Å². The molecule has 0 saturated carbocycles. The zero-order chi connectivity index (χ0) is 17.0. The standard InChI is InChI=1S/C20H25N3S/c1-20(2,3)18-16-23(19-21-11-15-24-19)14-13-22(18)12-7-10-17-8-5-4-6-9-17/h4-6,8-9,11,15,18H,12-14,16H2,1-3H3. The van der Waals surface area contributed by atoms with E-state index >= 15 is 0 Å². The second-order valence-electron chi connectivity index (χ2n) is 7.28. The molecule has 1 aliphatic heterocycles. The van der Waals surface area contributed by atoms with Crippen LogP contribution in [0.4, 0.5) is 5.13 Å². The fourth-order valence-corrected chi connectivity index (χ4v) is 3.82. The number of hydrogen-bond acceptors (Lipinski definition) is 4. The van der Waals surface area contributed by atoms with Crippen molar-refractivity contribution in [2.75, 3.05) is 31.1 Å². The third-order valence-electron chi connectivity index (χ3n) is 4.47. The summed E-state index contributed by atoms with van der Waals surface area (Å²) >= 11 is 1.73. The fourth-order valence-electron chi connectivity index (χ4n) is 3.14. The highest BCUT2D eigenvalue weighted by Crippen LogP contribution is 2.30. The van der Waals surface area contributed by atoms with Crippen molar-refractivity contribution in [2.24, 2.45) is 5.41 Å². The zero-order valence-corrected chi connectivity index (χ0v) is 15.5. The Kier molecular flexibility index (Phi) is 5.23. The number of aromatic nitrogens is 1. The van der Waals surface area contributed by atoms with Gasteiger partial charge in [0.15, 0.2) is 5.13 Å². The summed E-state index contributed by atoms with van der Waals surface area (Å²) < 4.78 is 0. The van der Waals surface area contributed by atoms with E-state index in [4.69, 9.17) is 0 Å².